The fourth-order valence-corrected chi connectivity index (χ4v) is 6.27. The van der Waals surface area contributed by atoms with Crippen molar-refractivity contribution in [3.05, 3.63) is 71.8 Å². The van der Waals surface area contributed by atoms with E-state index in [2.05, 4.69) is 31.9 Å². The first-order valence-corrected chi connectivity index (χ1v) is 17.7. The van der Waals surface area contributed by atoms with Gasteiger partial charge in [0.1, 0.15) is 34.9 Å². The van der Waals surface area contributed by atoms with Crippen LogP contribution in [-0.2, 0) is 37.8 Å². The molecule has 0 saturated carbocycles. The van der Waals surface area contributed by atoms with Crippen molar-refractivity contribution in [2.75, 3.05) is 34.4 Å². The maximum absolute atomic E-state index is 13.6. The molecule has 6 amide bonds. The van der Waals surface area contributed by atoms with Gasteiger partial charge < -0.3 is 61.6 Å². The van der Waals surface area contributed by atoms with Gasteiger partial charge in [0.05, 0.1) is 22.7 Å². The molecule has 1 aliphatic heterocycles. The zero-order valence-electron chi connectivity index (χ0n) is 30.8. The monoisotopic (exact) mass is 744 g/mol. The number of nitrogens with one attached hydrogen (secondary N) is 6. The molecule has 8 bridgehead atoms. The van der Waals surface area contributed by atoms with Crippen LogP contribution in [0.15, 0.2) is 49.1 Å². The highest BCUT2D eigenvalue weighted by atomic mass is 16.2. The van der Waals surface area contributed by atoms with E-state index in [-0.39, 0.29) is 22.8 Å². The average molecular weight is 745 g/mol. The molecular formula is C36H48N12O6. The summed E-state index contributed by atoms with van der Waals surface area (Å²) in [6.45, 7) is 0.831. The number of nitrogens with two attached hydrogens (primary N) is 2. The average Bonchev–Trinajstić information content (AvgIpc) is 3.88. The molecule has 0 radical (unpaired) electrons. The Bertz CT molecular complexity index is 1910. The number of anilines is 4. The molecule has 4 aromatic rings. The number of hydrogen-bond acceptors (Lipinski definition) is 8. The third-order valence-corrected chi connectivity index (χ3v) is 9.14. The Morgan fingerprint density at radius 1 is 0.463 bits per heavy atom. The summed E-state index contributed by atoms with van der Waals surface area (Å²) in [6, 6.07) is 4.09. The molecule has 5 heterocycles. The molecule has 0 fully saturated rings. The predicted octanol–water partition coefficient (Wildman–Crippen LogP) is 1.59. The number of unbranched alkanes of at least 4 members (excludes halogenated alkanes) is 2. The van der Waals surface area contributed by atoms with Crippen LogP contribution in [0.3, 0.4) is 0 Å². The Kier molecular flexibility index (Phi) is 12.4. The van der Waals surface area contributed by atoms with Crippen LogP contribution in [0.5, 0.6) is 0 Å². The highest BCUT2D eigenvalue weighted by Gasteiger charge is 2.27. The Labute approximate surface area is 312 Å². The smallest absolute Gasteiger partial charge is 0.272 e. The van der Waals surface area contributed by atoms with Crippen LogP contribution < -0.4 is 43.4 Å². The standard InChI is InChI=1S/C36H48N12O6/c1-45-17-21-13-27(45)33(51)41-23-15-29(47(3)19-23)35(53)44-26(10-6-8-12-38)32(50)40-22-14-28(46(2)18-22)34(52)42-24-16-30(48(4)20-24)36(54)43-25(31(49)39-21)9-5-7-11-37/h13-20,25-26H,5-12,37-38H2,1-4H3,(H,39,49)(H,40,50)(H,41,51)(H,42,52)(H,43,54)(H,44,53)/t25-,26-/m1/s1. The summed E-state index contributed by atoms with van der Waals surface area (Å²) >= 11 is 0. The number of rotatable bonds is 8. The minimum Gasteiger partial charge on any atom is -0.344 e. The molecule has 2 atom stereocenters. The summed E-state index contributed by atoms with van der Waals surface area (Å²) in [5, 5.41) is 16.8. The molecule has 0 aromatic carbocycles. The first-order chi connectivity index (χ1) is 25.8. The van der Waals surface area contributed by atoms with Crippen molar-refractivity contribution in [1.29, 1.82) is 0 Å². The van der Waals surface area contributed by atoms with Crippen LogP contribution >= 0.6 is 0 Å². The largest absolute Gasteiger partial charge is 0.344 e. The maximum atomic E-state index is 13.6. The van der Waals surface area contributed by atoms with Gasteiger partial charge in [-0.25, -0.2) is 0 Å². The molecule has 5 rings (SSSR count). The van der Waals surface area contributed by atoms with E-state index in [1.807, 2.05) is 0 Å². The van der Waals surface area contributed by atoms with Crippen molar-refractivity contribution >= 4 is 58.2 Å². The van der Waals surface area contributed by atoms with Gasteiger partial charge in [-0.2, -0.15) is 0 Å². The summed E-state index contributed by atoms with van der Waals surface area (Å²) in [5.74, 6) is -3.07. The van der Waals surface area contributed by atoms with Gasteiger partial charge in [0.25, 0.3) is 23.6 Å². The van der Waals surface area contributed by atoms with Gasteiger partial charge in [-0.1, -0.05) is 0 Å². The van der Waals surface area contributed by atoms with Gasteiger partial charge in [-0.3, -0.25) is 28.8 Å². The first-order valence-electron chi connectivity index (χ1n) is 17.7. The van der Waals surface area contributed by atoms with Gasteiger partial charge in [0.2, 0.25) is 11.8 Å². The molecule has 18 heteroatoms. The van der Waals surface area contributed by atoms with Gasteiger partial charge in [-0.05, 0) is 75.9 Å². The third-order valence-electron chi connectivity index (χ3n) is 9.14. The lowest BCUT2D eigenvalue weighted by atomic mass is 10.1. The molecule has 1 aliphatic rings. The Morgan fingerprint density at radius 2 is 0.759 bits per heavy atom. The lowest BCUT2D eigenvalue weighted by molar-refractivity contribution is -0.118. The molecule has 4 aromatic heterocycles. The molecule has 288 valence electrons. The van der Waals surface area contributed by atoms with E-state index < -0.39 is 47.5 Å². The molecule has 18 nitrogen and oxygen atoms in total. The summed E-state index contributed by atoms with van der Waals surface area (Å²) in [5.41, 5.74) is 13.5. The normalized spacial score (nSPS) is 17.3. The van der Waals surface area contributed by atoms with E-state index in [0.717, 1.165) is 0 Å². The van der Waals surface area contributed by atoms with Crippen molar-refractivity contribution < 1.29 is 28.8 Å². The zero-order chi connectivity index (χ0) is 39.1. The first kappa shape index (κ1) is 39.1. The van der Waals surface area contributed by atoms with Crippen LogP contribution in [-0.4, -0.2) is 78.9 Å². The second-order valence-electron chi connectivity index (χ2n) is 13.4. The summed E-state index contributed by atoms with van der Waals surface area (Å²) < 4.78 is 6.13. The quantitative estimate of drug-likeness (QED) is 0.123. The molecule has 0 spiro atoms. The SMILES string of the molecule is Cn1cc2cc1C(=O)Nc1cc(n(C)c1)C(=O)N[C@H](CCCCN)C(=O)Nc1cc(n(C)c1)C(=O)Nc1cc(n(C)c1)C(=O)N[C@H](CCCCN)C(=O)N2. The highest BCUT2D eigenvalue weighted by molar-refractivity contribution is 6.08. The number of carbonyl (C=O) groups is 6. The van der Waals surface area contributed by atoms with Crippen LogP contribution in [0.1, 0.15) is 80.5 Å². The summed E-state index contributed by atoms with van der Waals surface area (Å²) in [6.07, 6.45) is 9.27. The van der Waals surface area contributed by atoms with Crippen LogP contribution in [0, 0.1) is 0 Å². The lowest BCUT2D eigenvalue weighted by Crippen LogP contribution is -2.44. The topological polar surface area (TPSA) is 246 Å². The molecule has 0 unspecified atom stereocenters. The summed E-state index contributed by atoms with van der Waals surface area (Å²) in [4.78, 5) is 80.9. The highest BCUT2D eigenvalue weighted by Crippen LogP contribution is 2.21. The van der Waals surface area contributed by atoms with Crippen LogP contribution in [0.4, 0.5) is 22.7 Å². The minimum atomic E-state index is -0.945. The van der Waals surface area contributed by atoms with E-state index in [1.54, 1.807) is 53.0 Å². The van der Waals surface area contributed by atoms with E-state index in [9.17, 15) is 28.8 Å². The van der Waals surface area contributed by atoms with E-state index in [4.69, 9.17) is 11.5 Å². The maximum Gasteiger partial charge on any atom is 0.272 e. The molecule has 0 saturated heterocycles. The second kappa shape index (κ2) is 17.1. The number of amides is 6. The third kappa shape index (κ3) is 9.25. The van der Waals surface area contributed by atoms with Crippen molar-refractivity contribution in [2.24, 2.45) is 39.7 Å². The molecule has 54 heavy (non-hydrogen) atoms. The number of aromatic nitrogens is 4. The Balaban J connectivity index is 1.49. The van der Waals surface area contributed by atoms with Gasteiger partial charge in [0.15, 0.2) is 0 Å². The number of nitrogens with zero attached hydrogens (tertiary/aromatic N) is 4. The summed E-state index contributed by atoms with van der Waals surface area (Å²) in [7, 11) is 6.56. The van der Waals surface area contributed by atoms with Gasteiger partial charge in [-0.15, -0.1) is 0 Å². The Morgan fingerprint density at radius 3 is 1.07 bits per heavy atom. The van der Waals surface area contributed by atoms with E-state index in [1.165, 1.54) is 42.5 Å². The van der Waals surface area contributed by atoms with E-state index >= 15 is 0 Å². The number of aryl methyl sites for hydroxylation is 4. The number of fused-ring (bicyclic) bond motifs is 8. The second-order valence-corrected chi connectivity index (χ2v) is 13.4. The lowest BCUT2D eigenvalue weighted by Gasteiger charge is -2.18. The van der Waals surface area contributed by atoms with Crippen molar-refractivity contribution in [3.63, 3.8) is 0 Å². The molecule has 10 N–H and O–H groups in total. The van der Waals surface area contributed by atoms with Crippen molar-refractivity contribution in [1.82, 2.24) is 28.9 Å². The van der Waals surface area contributed by atoms with Crippen LogP contribution in [0.2, 0.25) is 0 Å². The number of hydrogen-bond donors (Lipinski definition) is 8. The van der Waals surface area contributed by atoms with Crippen LogP contribution in [0.25, 0.3) is 0 Å². The minimum absolute atomic E-state index is 0.189. The molecule has 0 aliphatic carbocycles. The predicted molar refractivity (Wildman–Crippen MR) is 203 cm³/mol. The Hall–Kier alpha value is -6.14. The van der Waals surface area contributed by atoms with Crippen molar-refractivity contribution in [2.45, 2.75) is 50.6 Å². The zero-order valence-corrected chi connectivity index (χ0v) is 30.8. The fraction of sp³-hybridized carbons (Fsp3) is 0.389. The molecular weight excluding hydrogens is 696 g/mol. The van der Waals surface area contributed by atoms with Gasteiger partial charge >= 0.3 is 0 Å². The van der Waals surface area contributed by atoms with E-state index in [0.29, 0.717) is 74.4 Å². The number of carbonyl (C=O) groups excluding carboxylic acids is 6. The fourth-order valence-electron chi connectivity index (χ4n) is 6.27. The van der Waals surface area contributed by atoms with Crippen molar-refractivity contribution in [3.8, 4) is 0 Å². The van der Waals surface area contributed by atoms with Gasteiger partial charge in [0, 0.05) is 53.0 Å².